The molecule has 2 aromatic carbocycles. The molecule has 0 aliphatic carbocycles. The third-order valence-corrected chi connectivity index (χ3v) is 3.45. The van der Waals surface area contributed by atoms with E-state index in [9.17, 15) is 5.11 Å². The number of halogens is 1. The van der Waals surface area contributed by atoms with Crippen LogP contribution in [0.3, 0.4) is 0 Å². The summed E-state index contributed by atoms with van der Waals surface area (Å²) in [5.41, 5.74) is 1.33. The normalized spacial score (nSPS) is 12.0. The van der Waals surface area contributed by atoms with E-state index >= 15 is 0 Å². The lowest BCUT2D eigenvalue weighted by atomic mass is 9.86. The summed E-state index contributed by atoms with van der Waals surface area (Å²) in [4.78, 5) is 0. The molecule has 0 bridgehead atoms. The smallest absolute Gasteiger partial charge is 0.137 e. The Bertz CT molecular complexity index is 538. The first-order chi connectivity index (χ1) is 7.39. The van der Waals surface area contributed by atoms with Crippen LogP contribution in [-0.2, 0) is 5.41 Å². The minimum Gasteiger partial charge on any atom is -0.506 e. The van der Waals surface area contributed by atoms with Crippen molar-refractivity contribution < 1.29 is 5.11 Å². The Hall–Kier alpha value is -1.02. The van der Waals surface area contributed by atoms with Gasteiger partial charge in [-0.1, -0.05) is 39.0 Å². The predicted octanol–water partition coefficient (Wildman–Crippen LogP) is 4.61. The van der Waals surface area contributed by atoms with Crippen LogP contribution in [0.2, 0.25) is 0 Å². The van der Waals surface area contributed by atoms with Gasteiger partial charge in [0.15, 0.2) is 0 Å². The summed E-state index contributed by atoms with van der Waals surface area (Å²) in [6.45, 7) is 6.51. The van der Waals surface area contributed by atoms with Gasteiger partial charge in [0.1, 0.15) is 5.75 Å². The van der Waals surface area contributed by atoms with Crippen LogP contribution < -0.4 is 0 Å². The average molecular weight is 279 g/mol. The highest BCUT2D eigenvalue weighted by atomic mass is 79.9. The highest BCUT2D eigenvalue weighted by Crippen LogP contribution is 2.35. The van der Waals surface area contributed by atoms with Crippen molar-refractivity contribution in [3.8, 4) is 5.75 Å². The lowest BCUT2D eigenvalue weighted by molar-refractivity contribution is 0.478. The van der Waals surface area contributed by atoms with Gasteiger partial charge in [-0.05, 0) is 44.4 Å². The zero-order chi connectivity index (χ0) is 11.9. The summed E-state index contributed by atoms with van der Waals surface area (Å²) in [5, 5.41) is 12.0. The molecule has 0 unspecified atom stereocenters. The summed E-state index contributed by atoms with van der Waals surface area (Å²) in [6.07, 6.45) is 0. The van der Waals surface area contributed by atoms with Gasteiger partial charge in [0, 0.05) is 5.39 Å². The molecule has 0 radical (unpaired) electrons. The van der Waals surface area contributed by atoms with Crippen LogP contribution in [0.4, 0.5) is 0 Å². The molecule has 1 nitrogen and oxygen atoms in total. The first kappa shape index (κ1) is 11.5. The van der Waals surface area contributed by atoms with Crippen LogP contribution in [0.1, 0.15) is 26.3 Å². The lowest BCUT2D eigenvalue weighted by Gasteiger charge is -2.19. The molecule has 0 aliphatic heterocycles. The average Bonchev–Trinajstić information content (AvgIpc) is 2.22. The quantitative estimate of drug-likeness (QED) is 0.746. The van der Waals surface area contributed by atoms with Gasteiger partial charge >= 0.3 is 0 Å². The Morgan fingerprint density at radius 1 is 1.06 bits per heavy atom. The van der Waals surface area contributed by atoms with E-state index in [4.69, 9.17) is 0 Å². The van der Waals surface area contributed by atoms with Gasteiger partial charge in [-0.15, -0.1) is 0 Å². The summed E-state index contributed by atoms with van der Waals surface area (Å²) < 4.78 is 0.742. The number of phenolic OH excluding ortho intramolecular Hbond substituents is 1. The van der Waals surface area contributed by atoms with Crippen LogP contribution in [-0.4, -0.2) is 5.11 Å². The number of fused-ring (bicyclic) bond motifs is 1. The maximum absolute atomic E-state index is 10.0. The Morgan fingerprint density at radius 3 is 2.31 bits per heavy atom. The molecule has 0 heterocycles. The molecule has 2 rings (SSSR count). The van der Waals surface area contributed by atoms with Gasteiger partial charge in [-0.3, -0.25) is 0 Å². The first-order valence-corrected chi connectivity index (χ1v) is 6.10. The fraction of sp³-hybridized carbons (Fsp3) is 0.286. The van der Waals surface area contributed by atoms with Crippen molar-refractivity contribution in [1.29, 1.82) is 0 Å². The Kier molecular flexibility index (Phi) is 2.70. The lowest BCUT2D eigenvalue weighted by Crippen LogP contribution is -2.10. The molecule has 2 aromatic rings. The van der Waals surface area contributed by atoms with Gasteiger partial charge in [0.05, 0.1) is 4.47 Å². The second kappa shape index (κ2) is 3.77. The molecule has 1 N–H and O–H groups in total. The molecule has 16 heavy (non-hydrogen) atoms. The first-order valence-electron chi connectivity index (χ1n) is 5.31. The molecule has 0 amide bonds. The van der Waals surface area contributed by atoms with E-state index in [-0.39, 0.29) is 5.41 Å². The third-order valence-electron chi connectivity index (χ3n) is 2.81. The summed E-state index contributed by atoms with van der Waals surface area (Å²) in [5.74, 6) is 0.323. The molecule has 0 saturated carbocycles. The third kappa shape index (κ3) is 1.94. The molecule has 0 saturated heterocycles. The molecular formula is C14H15BrO. The van der Waals surface area contributed by atoms with E-state index in [1.165, 1.54) is 5.56 Å². The van der Waals surface area contributed by atoms with E-state index in [1.54, 1.807) is 0 Å². The van der Waals surface area contributed by atoms with Crippen molar-refractivity contribution in [1.82, 2.24) is 0 Å². The van der Waals surface area contributed by atoms with E-state index in [1.807, 2.05) is 12.1 Å². The van der Waals surface area contributed by atoms with Gasteiger partial charge in [-0.2, -0.15) is 0 Å². The number of hydrogen-bond acceptors (Lipinski definition) is 1. The van der Waals surface area contributed by atoms with Crippen LogP contribution in [0.15, 0.2) is 34.8 Å². The fourth-order valence-electron chi connectivity index (χ4n) is 1.74. The topological polar surface area (TPSA) is 20.2 Å². The second-order valence-electron chi connectivity index (χ2n) is 5.08. The predicted molar refractivity (Wildman–Crippen MR) is 72.0 cm³/mol. The highest BCUT2D eigenvalue weighted by molar-refractivity contribution is 9.10. The number of benzene rings is 2. The van der Waals surface area contributed by atoms with Gasteiger partial charge in [0.2, 0.25) is 0 Å². The molecular weight excluding hydrogens is 264 g/mol. The SMILES string of the molecule is CC(C)(C)c1ccc2ccc(Br)c(O)c2c1. The maximum atomic E-state index is 10.0. The zero-order valence-corrected chi connectivity index (χ0v) is 11.3. The van der Waals surface area contributed by atoms with Crippen molar-refractivity contribution in [3.63, 3.8) is 0 Å². The van der Waals surface area contributed by atoms with Crippen molar-refractivity contribution >= 4 is 26.7 Å². The van der Waals surface area contributed by atoms with Gasteiger partial charge < -0.3 is 5.11 Å². The van der Waals surface area contributed by atoms with E-state index < -0.39 is 0 Å². The minimum absolute atomic E-state index is 0.100. The molecule has 0 atom stereocenters. The van der Waals surface area contributed by atoms with Crippen LogP contribution in [0.25, 0.3) is 10.8 Å². The molecule has 0 aromatic heterocycles. The number of aromatic hydroxyl groups is 1. The van der Waals surface area contributed by atoms with Gasteiger partial charge in [0.25, 0.3) is 0 Å². The van der Waals surface area contributed by atoms with Gasteiger partial charge in [-0.25, -0.2) is 0 Å². The van der Waals surface area contributed by atoms with Crippen molar-refractivity contribution in [2.75, 3.05) is 0 Å². The minimum atomic E-state index is 0.100. The largest absolute Gasteiger partial charge is 0.506 e. The Morgan fingerprint density at radius 2 is 1.69 bits per heavy atom. The molecule has 0 fully saturated rings. The molecule has 0 aliphatic rings. The fourth-order valence-corrected chi connectivity index (χ4v) is 2.09. The maximum Gasteiger partial charge on any atom is 0.137 e. The monoisotopic (exact) mass is 278 g/mol. The van der Waals surface area contributed by atoms with Crippen LogP contribution in [0, 0.1) is 0 Å². The van der Waals surface area contributed by atoms with Crippen LogP contribution >= 0.6 is 15.9 Å². The van der Waals surface area contributed by atoms with E-state index in [2.05, 4.69) is 54.9 Å². The Balaban J connectivity index is 2.74. The summed E-state index contributed by atoms with van der Waals surface area (Å²) in [7, 11) is 0. The zero-order valence-electron chi connectivity index (χ0n) is 9.71. The van der Waals surface area contributed by atoms with Crippen LogP contribution in [0.5, 0.6) is 5.75 Å². The van der Waals surface area contributed by atoms with E-state index in [0.717, 1.165) is 15.2 Å². The molecule has 0 spiro atoms. The Labute approximate surface area is 104 Å². The van der Waals surface area contributed by atoms with Crippen molar-refractivity contribution in [3.05, 3.63) is 40.4 Å². The number of rotatable bonds is 0. The number of hydrogen-bond donors (Lipinski definition) is 1. The second-order valence-corrected chi connectivity index (χ2v) is 5.94. The van der Waals surface area contributed by atoms with Crippen molar-refractivity contribution in [2.24, 2.45) is 0 Å². The van der Waals surface area contributed by atoms with Crippen molar-refractivity contribution in [2.45, 2.75) is 26.2 Å². The summed E-state index contributed by atoms with van der Waals surface area (Å²) >= 11 is 3.34. The van der Waals surface area contributed by atoms with E-state index in [0.29, 0.717) is 5.75 Å². The molecule has 2 heteroatoms. The number of phenols is 1. The highest BCUT2D eigenvalue weighted by Gasteiger charge is 2.15. The summed E-state index contributed by atoms with van der Waals surface area (Å²) in [6, 6.07) is 10.1. The standard InChI is InChI=1S/C14H15BrO/c1-14(2,3)10-6-4-9-5-7-12(15)13(16)11(9)8-10/h4-8,16H,1-3H3. The molecule has 84 valence electrons.